The topological polar surface area (TPSA) is 65.2 Å². The molecule has 2 rings (SSSR count). The highest BCUT2D eigenvalue weighted by molar-refractivity contribution is 7.21. The first-order valence-electron chi connectivity index (χ1n) is 5.35. The molecule has 2 heterocycles. The Hall–Kier alpha value is -1.62. The van der Waals surface area contributed by atoms with E-state index in [9.17, 15) is 4.79 Å². The van der Waals surface area contributed by atoms with Crippen molar-refractivity contribution in [2.24, 2.45) is 0 Å². The second-order valence-corrected chi connectivity index (χ2v) is 4.79. The van der Waals surface area contributed by atoms with Crippen molar-refractivity contribution in [2.75, 3.05) is 12.8 Å². The lowest BCUT2D eigenvalue weighted by Crippen LogP contribution is -2.01. The molecular formula is C12H14N2O2S. The quantitative estimate of drug-likeness (QED) is 0.832. The zero-order valence-electron chi connectivity index (χ0n) is 10.0. The number of aromatic nitrogens is 1. The van der Waals surface area contributed by atoms with Crippen molar-refractivity contribution >= 4 is 33.2 Å². The highest BCUT2D eigenvalue weighted by atomic mass is 32.1. The van der Waals surface area contributed by atoms with Crippen LogP contribution in [0.1, 0.15) is 27.9 Å². The van der Waals surface area contributed by atoms with E-state index >= 15 is 0 Å². The third-order valence-corrected chi connectivity index (χ3v) is 3.82. The molecule has 2 aromatic rings. The number of carbonyl (C=O) groups is 1. The normalized spacial score (nSPS) is 10.8. The van der Waals surface area contributed by atoms with Crippen molar-refractivity contribution in [2.45, 2.75) is 20.3 Å². The molecule has 90 valence electrons. The summed E-state index contributed by atoms with van der Waals surface area (Å²) in [5, 5.41) is 0.838. The maximum atomic E-state index is 11.5. The summed E-state index contributed by atoms with van der Waals surface area (Å²) < 4.78 is 4.70. The summed E-state index contributed by atoms with van der Waals surface area (Å²) in [5.41, 5.74) is 8.55. The molecule has 5 heteroatoms. The second kappa shape index (κ2) is 4.33. The predicted molar refractivity (Wildman–Crippen MR) is 69.5 cm³/mol. The Kier molecular flexibility index (Phi) is 3.02. The largest absolute Gasteiger partial charge is 0.465 e. The SMILES string of the molecule is CCc1nc2sc(C(=O)OC)c(N)c2cc1C. The molecule has 0 aliphatic rings. The lowest BCUT2D eigenvalue weighted by molar-refractivity contribution is 0.0607. The van der Waals surface area contributed by atoms with Gasteiger partial charge in [0.2, 0.25) is 0 Å². The van der Waals surface area contributed by atoms with E-state index in [1.54, 1.807) is 0 Å². The van der Waals surface area contributed by atoms with Crippen LogP contribution in [0.3, 0.4) is 0 Å². The van der Waals surface area contributed by atoms with Gasteiger partial charge in [0.25, 0.3) is 0 Å². The summed E-state index contributed by atoms with van der Waals surface area (Å²) in [7, 11) is 1.35. The average Bonchev–Trinajstić information content (AvgIpc) is 2.65. The number of nitrogens with two attached hydrogens (primary N) is 1. The molecule has 0 spiro atoms. The number of anilines is 1. The molecule has 17 heavy (non-hydrogen) atoms. The van der Waals surface area contributed by atoms with Crippen molar-refractivity contribution in [3.8, 4) is 0 Å². The lowest BCUT2D eigenvalue weighted by atomic mass is 10.1. The summed E-state index contributed by atoms with van der Waals surface area (Å²) in [6.45, 7) is 4.06. The van der Waals surface area contributed by atoms with Crippen LogP contribution in [0.4, 0.5) is 5.69 Å². The molecule has 0 fully saturated rings. The first kappa shape index (κ1) is 11.9. The highest BCUT2D eigenvalue weighted by Crippen LogP contribution is 2.34. The number of rotatable bonds is 2. The highest BCUT2D eigenvalue weighted by Gasteiger charge is 2.18. The van der Waals surface area contributed by atoms with Gasteiger partial charge >= 0.3 is 5.97 Å². The Morgan fingerprint density at radius 1 is 1.59 bits per heavy atom. The van der Waals surface area contributed by atoms with E-state index < -0.39 is 5.97 Å². The summed E-state index contributed by atoms with van der Waals surface area (Å²) in [6.07, 6.45) is 0.868. The molecule has 0 bridgehead atoms. The molecule has 0 saturated carbocycles. The van der Waals surface area contributed by atoms with Gasteiger partial charge in [-0.3, -0.25) is 0 Å². The molecule has 0 aliphatic heterocycles. The number of methoxy groups -OCH3 is 1. The summed E-state index contributed by atoms with van der Waals surface area (Å²) >= 11 is 1.28. The molecule has 0 atom stereocenters. The van der Waals surface area contributed by atoms with Crippen molar-refractivity contribution in [1.29, 1.82) is 0 Å². The fraction of sp³-hybridized carbons (Fsp3) is 0.333. The Bertz CT molecular complexity index is 590. The van der Waals surface area contributed by atoms with Crippen LogP contribution >= 0.6 is 11.3 Å². The van der Waals surface area contributed by atoms with Crippen LogP contribution in [-0.2, 0) is 11.2 Å². The van der Waals surface area contributed by atoms with Gasteiger partial charge in [-0.2, -0.15) is 0 Å². The van der Waals surface area contributed by atoms with E-state index in [2.05, 4.69) is 11.9 Å². The fourth-order valence-corrected chi connectivity index (χ4v) is 2.79. The van der Waals surface area contributed by atoms with Crippen LogP contribution in [0.5, 0.6) is 0 Å². The Balaban J connectivity index is 2.69. The molecule has 4 nitrogen and oxygen atoms in total. The number of nitrogens with zero attached hydrogens (tertiary/aromatic N) is 1. The molecule has 0 radical (unpaired) electrons. The van der Waals surface area contributed by atoms with Crippen LogP contribution in [0.25, 0.3) is 10.2 Å². The van der Waals surface area contributed by atoms with Gasteiger partial charge < -0.3 is 10.5 Å². The molecule has 0 unspecified atom stereocenters. The molecule has 2 aromatic heterocycles. The molecule has 0 aromatic carbocycles. The van der Waals surface area contributed by atoms with E-state index in [1.165, 1.54) is 18.4 Å². The first-order chi connectivity index (χ1) is 8.08. The van der Waals surface area contributed by atoms with Crippen LogP contribution in [0.15, 0.2) is 6.07 Å². The van der Waals surface area contributed by atoms with Gasteiger partial charge in [-0.05, 0) is 25.0 Å². The zero-order chi connectivity index (χ0) is 12.6. The number of ether oxygens (including phenoxy) is 1. The van der Waals surface area contributed by atoms with Crippen molar-refractivity contribution in [3.05, 3.63) is 22.2 Å². The summed E-state index contributed by atoms with van der Waals surface area (Å²) in [4.78, 5) is 17.3. The summed E-state index contributed by atoms with van der Waals surface area (Å²) in [6, 6.07) is 1.99. The van der Waals surface area contributed by atoms with Crippen LogP contribution in [-0.4, -0.2) is 18.1 Å². The van der Waals surface area contributed by atoms with Gasteiger partial charge in [-0.25, -0.2) is 9.78 Å². The molecule has 0 amide bonds. The zero-order valence-corrected chi connectivity index (χ0v) is 10.9. The molecule has 2 N–H and O–H groups in total. The standard InChI is InChI=1S/C12H14N2O2S/c1-4-8-6(2)5-7-9(13)10(12(15)16-3)17-11(7)14-8/h5H,4,13H2,1-3H3. The maximum Gasteiger partial charge on any atom is 0.350 e. The van der Waals surface area contributed by atoms with E-state index in [1.807, 2.05) is 13.0 Å². The van der Waals surface area contributed by atoms with Gasteiger partial charge in [-0.1, -0.05) is 6.92 Å². The monoisotopic (exact) mass is 250 g/mol. The van der Waals surface area contributed by atoms with Crippen LogP contribution in [0, 0.1) is 6.92 Å². The number of nitrogen functional groups attached to an aromatic ring is 1. The smallest absolute Gasteiger partial charge is 0.350 e. The van der Waals surface area contributed by atoms with Crippen molar-refractivity contribution in [3.63, 3.8) is 0 Å². The number of fused-ring (bicyclic) bond motifs is 1. The van der Waals surface area contributed by atoms with Crippen LogP contribution < -0.4 is 5.73 Å². The molecular weight excluding hydrogens is 236 g/mol. The van der Waals surface area contributed by atoms with E-state index in [0.717, 1.165) is 27.9 Å². The fourth-order valence-electron chi connectivity index (χ4n) is 1.78. The van der Waals surface area contributed by atoms with Gasteiger partial charge in [-0.15, -0.1) is 11.3 Å². The van der Waals surface area contributed by atoms with E-state index in [0.29, 0.717) is 10.6 Å². The third kappa shape index (κ3) is 1.86. The molecule has 0 aliphatic carbocycles. The van der Waals surface area contributed by atoms with E-state index in [4.69, 9.17) is 10.5 Å². The number of aryl methyl sites for hydroxylation is 2. The summed E-state index contributed by atoms with van der Waals surface area (Å²) in [5.74, 6) is -0.402. The van der Waals surface area contributed by atoms with Crippen molar-refractivity contribution in [1.82, 2.24) is 4.98 Å². The minimum atomic E-state index is -0.402. The number of hydrogen-bond acceptors (Lipinski definition) is 5. The average molecular weight is 250 g/mol. The Morgan fingerprint density at radius 2 is 2.29 bits per heavy atom. The minimum Gasteiger partial charge on any atom is -0.465 e. The number of esters is 1. The minimum absolute atomic E-state index is 0.402. The number of hydrogen-bond donors (Lipinski definition) is 1. The van der Waals surface area contributed by atoms with Gasteiger partial charge in [0.15, 0.2) is 0 Å². The van der Waals surface area contributed by atoms with Crippen molar-refractivity contribution < 1.29 is 9.53 Å². The maximum absolute atomic E-state index is 11.5. The Labute approximate surface area is 103 Å². The molecule has 0 saturated heterocycles. The predicted octanol–water partition coefficient (Wildman–Crippen LogP) is 2.54. The Morgan fingerprint density at radius 3 is 2.88 bits per heavy atom. The number of thiophene rings is 1. The van der Waals surface area contributed by atoms with E-state index in [-0.39, 0.29) is 0 Å². The van der Waals surface area contributed by atoms with Gasteiger partial charge in [0.1, 0.15) is 9.71 Å². The number of carbonyl (C=O) groups excluding carboxylic acids is 1. The number of pyridine rings is 1. The lowest BCUT2D eigenvalue weighted by Gasteiger charge is -2.01. The van der Waals surface area contributed by atoms with Crippen LogP contribution in [0.2, 0.25) is 0 Å². The first-order valence-corrected chi connectivity index (χ1v) is 6.17. The van der Waals surface area contributed by atoms with Gasteiger partial charge in [0, 0.05) is 11.1 Å². The third-order valence-electron chi connectivity index (χ3n) is 2.72. The second-order valence-electron chi connectivity index (χ2n) is 3.79. The van der Waals surface area contributed by atoms with Gasteiger partial charge in [0.05, 0.1) is 12.8 Å².